The summed E-state index contributed by atoms with van der Waals surface area (Å²) in [5.74, 6) is 0.690. The smallest absolute Gasteiger partial charge is 0.282 e. The van der Waals surface area contributed by atoms with Gasteiger partial charge in [-0.05, 0) is 19.1 Å². The SMILES string of the molecule is Cc1ccc(Oc2nc(=O)ccs2)cc1. The van der Waals surface area contributed by atoms with E-state index in [1.165, 1.54) is 17.4 Å². The van der Waals surface area contributed by atoms with Crippen LogP contribution in [0.15, 0.2) is 40.5 Å². The standard InChI is InChI=1S/C11H9NO2S/c1-8-2-4-9(5-3-8)14-11-12-10(13)6-7-15-11/h2-7H,1H3. The van der Waals surface area contributed by atoms with Crippen LogP contribution >= 0.6 is 11.3 Å². The monoisotopic (exact) mass is 219 g/mol. The summed E-state index contributed by atoms with van der Waals surface area (Å²) >= 11 is 1.29. The van der Waals surface area contributed by atoms with Gasteiger partial charge in [-0.2, -0.15) is 4.98 Å². The van der Waals surface area contributed by atoms with E-state index >= 15 is 0 Å². The van der Waals surface area contributed by atoms with E-state index in [9.17, 15) is 4.79 Å². The van der Waals surface area contributed by atoms with Crippen LogP contribution < -0.4 is 10.3 Å². The third-order valence-electron chi connectivity index (χ3n) is 1.81. The Balaban J connectivity index is 2.22. The van der Waals surface area contributed by atoms with E-state index in [0.717, 1.165) is 5.56 Å². The van der Waals surface area contributed by atoms with Gasteiger partial charge in [-0.25, -0.2) is 0 Å². The quantitative estimate of drug-likeness (QED) is 0.779. The van der Waals surface area contributed by atoms with E-state index < -0.39 is 0 Å². The molecule has 4 heteroatoms. The molecule has 2 aromatic rings. The highest BCUT2D eigenvalue weighted by atomic mass is 32.1. The van der Waals surface area contributed by atoms with Crippen molar-refractivity contribution in [3.63, 3.8) is 0 Å². The Hall–Kier alpha value is -1.68. The summed E-state index contributed by atoms with van der Waals surface area (Å²) in [6, 6.07) is 9.00. The van der Waals surface area contributed by atoms with Crippen molar-refractivity contribution in [1.82, 2.24) is 4.98 Å². The second-order valence-electron chi connectivity index (χ2n) is 3.05. The summed E-state index contributed by atoms with van der Waals surface area (Å²) in [5, 5.41) is 2.03. The lowest BCUT2D eigenvalue weighted by Gasteiger charge is -2.02. The van der Waals surface area contributed by atoms with Gasteiger partial charge in [-0.15, -0.1) is 0 Å². The molecule has 0 aliphatic rings. The lowest BCUT2D eigenvalue weighted by atomic mass is 10.2. The van der Waals surface area contributed by atoms with Gasteiger partial charge in [0, 0.05) is 11.4 Å². The van der Waals surface area contributed by atoms with Crippen molar-refractivity contribution < 1.29 is 4.74 Å². The number of aromatic nitrogens is 1. The average Bonchev–Trinajstić information content (AvgIpc) is 2.22. The minimum absolute atomic E-state index is 0.282. The summed E-state index contributed by atoms with van der Waals surface area (Å²) in [4.78, 5) is 14.7. The Labute approximate surface area is 91.0 Å². The number of hydrogen-bond donors (Lipinski definition) is 0. The molecule has 0 spiro atoms. The van der Waals surface area contributed by atoms with Gasteiger partial charge in [-0.1, -0.05) is 29.0 Å². The van der Waals surface area contributed by atoms with Crippen LogP contribution in [-0.4, -0.2) is 4.98 Å². The van der Waals surface area contributed by atoms with Crippen molar-refractivity contribution in [1.29, 1.82) is 0 Å². The third kappa shape index (κ3) is 2.63. The summed E-state index contributed by atoms with van der Waals surface area (Å²) in [6.45, 7) is 2.00. The van der Waals surface area contributed by atoms with E-state index in [4.69, 9.17) is 4.74 Å². The lowest BCUT2D eigenvalue weighted by Crippen LogP contribution is -2.02. The Kier molecular flexibility index (Phi) is 2.78. The highest BCUT2D eigenvalue weighted by Gasteiger charge is 1.98. The summed E-state index contributed by atoms with van der Waals surface area (Å²) in [6.07, 6.45) is 0. The largest absolute Gasteiger partial charge is 0.431 e. The Bertz CT molecular complexity index is 504. The number of aryl methyl sites for hydroxylation is 1. The molecule has 0 amide bonds. The fourth-order valence-corrected chi connectivity index (χ4v) is 1.65. The third-order valence-corrected chi connectivity index (χ3v) is 2.46. The van der Waals surface area contributed by atoms with Crippen LogP contribution in [0.1, 0.15) is 5.56 Å². The maximum absolute atomic E-state index is 11.0. The van der Waals surface area contributed by atoms with Crippen LogP contribution in [0.5, 0.6) is 10.9 Å². The van der Waals surface area contributed by atoms with Crippen molar-refractivity contribution in [3.05, 3.63) is 51.6 Å². The minimum Gasteiger partial charge on any atom is -0.431 e. The zero-order chi connectivity index (χ0) is 10.7. The number of rotatable bonds is 2. The van der Waals surface area contributed by atoms with Crippen LogP contribution in [-0.2, 0) is 0 Å². The molecule has 0 atom stereocenters. The molecule has 1 heterocycles. The molecule has 0 bridgehead atoms. The van der Waals surface area contributed by atoms with Crippen molar-refractivity contribution in [2.45, 2.75) is 6.92 Å². The second kappa shape index (κ2) is 4.23. The van der Waals surface area contributed by atoms with Crippen molar-refractivity contribution in [3.8, 4) is 10.9 Å². The molecule has 0 aliphatic carbocycles. The zero-order valence-corrected chi connectivity index (χ0v) is 8.95. The maximum atomic E-state index is 11.0. The molecule has 0 saturated heterocycles. The van der Waals surface area contributed by atoms with Gasteiger partial charge >= 0.3 is 0 Å². The molecule has 0 saturated carbocycles. The van der Waals surface area contributed by atoms with Gasteiger partial charge in [0.2, 0.25) is 0 Å². The predicted octanol–water partition coefficient (Wildman–Crippen LogP) is 2.60. The van der Waals surface area contributed by atoms with Crippen LogP contribution in [0, 0.1) is 6.92 Å². The number of ether oxygens (including phenoxy) is 1. The fraction of sp³-hybridized carbons (Fsp3) is 0.0909. The van der Waals surface area contributed by atoms with E-state index in [0.29, 0.717) is 10.9 Å². The summed E-state index contributed by atoms with van der Waals surface area (Å²) in [5.41, 5.74) is 0.882. The van der Waals surface area contributed by atoms with Crippen LogP contribution in [0.25, 0.3) is 0 Å². The van der Waals surface area contributed by atoms with Gasteiger partial charge in [0.15, 0.2) is 0 Å². The first-order valence-corrected chi connectivity index (χ1v) is 5.32. The van der Waals surface area contributed by atoms with Crippen LogP contribution in [0.4, 0.5) is 0 Å². The second-order valence-corrected chi connectivity index (χ2v) is 3.91. The highest BCUT2D eigenvalue weighted by molar-refractivity contribution is 7.11. The molecule has 0 unspecified atom stereocenters. The van der Waals surface area contributed by atoms with E-state index in [1.54, 1.807) is 5.38 Å². The lowest BCUT2D eigenvalue weighted by molar-refractivity contribution is 0.476. The van der Waals surface area contributed by atoms with E-state index in [-0.39, 0.29) is 5.56 Å². The molecular weight excluding hydrogens is 210 g/mol. The van der Waals surface area contributed by atoms with E-state index in [2.05, 4.69) is 4.98 Å². The van der Waals surface area contributed by atoms with Crippen LogP contribution in [0.3, 0.4) is 0 Å². The Morgan fingerprint density at radius 1 is 1.20 bits per heavy atom. The molecule has 0 aliphatic heterocycles. The normalized spacial score (nSPS) is 9.93. The molecule has 2 rings (SSSR count). The van der Waals surface area contributed by atoms with Gasteiger partial charge < -0.3 is 4.74 Å². The maximum Gasteiger partial charge on any atom is 0.282 e. The van der Waals surface area contributed by atoms with Crippen molar-refractivity contribution >= 4 is 11.3 Å². The van der Waals surface area contributed by atoms with Gasteiger partial charge in [-0.3, -0.25) is 4.79 Å². The summed E-state index contributed by atoms with van der Waals surface area (Å²) in [7, 11) is 0. The van der Waals surface area contributed by atoms with E-state index in [1.807, 2.05) is 31.2 Å². The van der Waals surface area contributed by atoms with Crippen LogP contribution in [0.2, 0.25) is 0 Å². The topological polar surface area (TPSA) is 39.2 Å². The number of nitrogens with zero attached hydrogens (tertiary/aromatic N) is 1. The van der Waals surface area contributed by atoms with Crippen molar-refractivity contribution in [2.75, 3.05) is 0 Å². The molecule has 0 radical (unpaired) electrons. The van der Waals surface area contributed by atoms with Gasteiger partial charge in [0.1, 0.15) is 5.75 Å². The van der Waals surface area contributed by atoms with Gasteiger partial charge in [0.25, 0.3) is 10.8 Å². The molecule has 1 aromatic heterocycles. The Morgan fingerprint density at radius 3 is 2.60 bits per heavy atom. The molecule has 3 nitrogen and oxygen atoms in total. The molecule has 15 heavy (non-hydrogen) atoms. The Morgan fingerprint density at radius 2 is 1.93 bits per heavy atom. The molecular formula is C11H9NO2S. The van der Waals surface area contributed by atoms with Crippen molar-refractivity contribution in [2.24, 2.45) is 0 Å². The highest BCUT2D eigenvalue weighted by Crippen LogP contribution is 2.21. The van der Waals surface area contributed by atoms with Gasteiger partial charge in [0.05, 0.1) is 0 Å². The molecule has 0 fully saturated rings. The average molecular weight is 219 g/mol. The zero-order valence-electron chi connectivity index (χ0n) is 8.14. The summed E-state index contributed by atoms with van der Waals surface area (Å²) < 4.78 is 5.42. The first-order valence-electron chi connectivity index (χ1n) is 4.44. The first kappa shape index (κ1) is 9.86. The fourth-order valence-electron chi connectivity index (χ4n) is 1.06. The molecule has 0 N–H and O–H groups in total. The first-order chi connectivity index (χ1) is 7.24. The predicted molar refractivity (Wildman–Crippen MR) is 59.6 cm³/mol. The number of hydrogen-bond acceptors (Lipinski definition) is 4. The minimum atomic E-state index is -0.282. The number of benzene rings is 1. The molecule has 76 valence electrons. The molecule has 1 aromatic carbocycles.